The third-order valence-electron chi connectivity index (χ3n) is 2.51. The van der Waals surface area contributed by atoms with Gasteiger partial charge >= 0.3 is 0 Å². The molecule has 1 aromatic carbocycles. The Morgan fingerprint density at radius 2 is 2.20 bits per heavy atom. The predicted octanol–water partition coefficient (Wildman–Crippen LogP) is 2.29. The highest BCUT2D eigenvalue weighted by Gasteiger charge is 2.03. The van der Waals surface area contributed by atoms with Gasteiger partial charge in [0.15, 0.2) is 11.5 Å². The number of hydrogen-bond acceptors (Lipinski definition) is 3. The predicted molar refractivity (Wildman–Crippen MR) is 61.3 cm³/mol. The van der Waals surface area contributed by atoms with E-state index in [1.165, 1.54) is 0 Å². The molecule has 0 aromatic heterocycles. The molecule has 0 aliphatic rings. The molecule has 0 fully saturated rings. The molecule has 1 atom stereocenters. The van der Waals surface area contributed by atoms with E-state index in [-0.39, 0.29) is 5.75 Å². The second kappa shape index (κ2) is 5.61. The van der Waals surface area contributed by atoms with Crippen LogP contribution in [0.1, 0.15) is 25.8 Å². The van der Waals surface area contributed by atoms with Gasteiger partial charge in [0.25, 0.3) is 0 Å². The van der Waals surface area contributed by atoms with Crippen molar-refractivity contribution >= 4 is 0 Å². The Kier molecular flexibility index (Phi) is 4.43. The first-order valence-electron chi connectivity index (χ1n) is 5.26. The highest BCUT2D eigenvalue weighted by molar-refractivity contribution is 5.41. The molecular formula is C12H19NO2. The van der Waals surface area contributed by atoms with E-state index in [4.69, 9.17) is 4.74 Å². The normalized spacial score (nSPS) is 12.5. The van der Waals surface area contributed by atoms with Crippen molar-refractivity contribution in [2.45, 2.75) is 32.9 Å². The van der Waals surface area contributed by atoms with Crippen molar-refractivity contribution in [3.63, 3.8) is 0 Å². The van der Waals surface area contributed by atoms with Crippen LogP contribution in [0.2, 0.25) is 0 Å². The third kappa shape index (κ3) is 3.44. The number of aromatic hydroxyl groups is 1. The highest BCUT2D eigenvalue weighted by atomic mass is 16.5. The first-order valence-corrected chi connectivity index (χ1v) is 5.26. The number of rotatable bonds is 5. The summed E-state index contributed by atoms with van der Waals surface area (Å²) in [6, 6.07) is 5.96. The van der Waals surface area contributed by atoms with Gasteiger partial charge < -0.3 is 15.2 Å². The first-order chi connectivity index (χ1) is 7.17. The van der Waals surface area contributed by atoms with Crippen molar-refractivity contribution in [1.29, 1.82) is 0 Å². The summed E-state index contributed by atoms with van der Waals surface area (Å²) in [7, 11) is 1.55. The zero-order valence-electron chi connectivity index (χ0n) is 9.58. The van der Waals surface area contributed by atoms with Gasteiger partial charge in [-0.3, -0.25) is 0 Å². The van der Waals surface area contributed by atoms with E-state index in [1.54, 1.807) is 19.2 Å². The number of ether oxygens (including phenoxy) is 1. The summed E-state index contributed by atoms with van der Waals surface area (Å²) in [6.07, 6.45) is 1.10. The molecule has 1 rings (SSSR count). The van der Waals surface area contributed by atoms with Gasteiger partial charge in [-0.1, -0.05) is 13.0 Å². The summed E-state index contributed by atoms with van der Waals surface area (Å²) in [4.78, 5) is 0. The largest absolute Gasteiger partial charge is 0.504 e. The van der Waals surface area contributed by atoms with Crippen molar-refractivity contribution in [3.8, 4) is 11.5 Å². The smallest absolute Gasteiger partial charge is 0.160 e. The third-order valence-corrected chi connectivity index (χ3v) is 2.51. The zero-order chi connectivity index (χ0) is 11.3. The molecule has 3 heteroatoms. The van der Waals surface area contributed by atoms with Gasteiger partial charge in [0.05, 0.1) is 7.11 Å². The molecule has 0 heterocycles. The summed E-state index contributed by atoms with van der Waals surface area (Å²) in [5.41, 5.74) is 1.06. The van der Waals surface area contributed by atoms with Gasteiger partial charge in [-0.05, 0) is 31.0 Å². The van der Waals surface area contributed by atoms with Crippen LogP contribution >= 0.6 is 0 Å². The van der Waals surface area contributed by atoms with Crippen molar-refractivity contribution < 1.29 is 9.84 Å². The Hall–Kier alpha value is -1.22. The van der Waals surface area contributed by atoms with Crippen LogP contribution in [0.3, 0.4) is 0 Å². The van der Waals surface area contributed by atoms with E-state index < -0.39 is 0 Å². The molecule has 1 aromatic rings. The molecule has 15 heavy (non-hydrogen) atoms. The minimum atomic E-state index is 0.195. The van der Waals surface area contributed by atoms with E-state index in [0.717, 1.165) is 18.5 Å². The van der Waals surface area contributed by atoms with Crippen LogP contribution in [0.5, 0.6) is 11.5 Å². The molecule has 3 nitrogen and oxygen atoms in total. The Labute approximate surface area is 91.1 Å². The highest BCUT2D eigenvalue weighted by Crippen LogP contribution is 2.26. The average molecular weight is 209 g/mol. The van der Waals surface area contributed by atoms with Gasteiger partial charge in [-0.15, -0.1) is 0 Å². The molecule has 2 N–H and O–H groups in total. The average Bonchev–Trinajstić information content (AvgIpc) is 2.26. The van der Waals surface area contributed by atoms with E-state index >= 15 is 0 Å². The lowest BCUT2D eigenvalue weighted by molar-refractivity contribution is 0.373. The molecule has 0 unspecified atom stereocenters. The SMILES string of the molecule is CC[C@@H](C)NCc1ccc(OC)c(O)c1. The second-order valence-electron chi connectivity index (χ2n) is 3.70. The molecule has 0 bridgehead atoms. The molecule has 0 amide bonds. The van der Waals surface area contributed by atoms with Crippen LogP contribution in [0, 0.1) is 0 Å². The van der Waals surface area contributed by atoms with Gasteiger partial charge in [-0.2, -0.15) is 0 Å². The summed E-state index contributed by atoms with van der Waals surface area (Å²) < 4.78 is 4.98. The van der Waals surface area contributed by atoms with Gasteiger partial charge in [0, 0.05) is 12.6 Å². The fourth-order valence-corrected chi connectivity index (χ4v) is 1.28. The van der Waals surface area contributed by atoms with E-state index in [1.807, 2.05) is 6.07 Å². The van der Waals surface area contributed by atoms with E-state index in [2.05, 4.69) is 19.2 Å². The van der Waals surface area contributed by atoms with Gasteiger partial charge in [0.1, 0.15) is 0 Å². The lowest BCUT2D eigenvalue weighted by Gasteiger charge is -2.12. The number of hydrogen-bond donors (Lipinski definition) is 2. The maximum atomic E-state index is 9.56. The van der Waals surface area contributed by atoms with Crippen LogP contribution in [-0.2, 0) is 6.54 Å². The standard InChI is InChI=1S/C12H19NO2/c1-4-9(2)13-8-10-5-6-12(15-3)11(14)7-10/h5-7,9,13-14H,4,8H2,1-3H3/t9-/m1/s1. The van der Waals surface area contributed by atoms with Crippen LogP contribution in [0.15, 0.2) is 18.2 Å². The maximum absolute atomic E-state index is 9.56. The fraction of sp³-hybridized carbons (Fsp3) is 0.500. The number of nitrogens with one attached hydrogen (secondary N) is 1. The molecule has 0 saturated heterocycles. The summed E-state index contributed by atoms with van der Waals surface area (Å²) >= 11 is 0. The Morgan fingerprint density at radius 3 is 2.73 bits per heavy atom. The topological polar surface area (TPSA) is 41.5 Å². The number of methoxy groups -OCH3 is 1. The Morgan fingerprint density at radius 1 is 1.47 bits per heavy atom. The fourth-order valence-electron chi connectivity index (χ4n) is 1.28. The van der Waals surface area contributed by atoms with Crippen LogP contribution in [-0.4, -0.2) is 18.3 Å². The van der Waals surface area contributed by atoms with Crippen molar-refractivity contribution in [1.82, 2.24) is 5.32 Å². The van der Waals surface area contributed by atoms with Crippen molar-refractivity contribution in [2.24, 2.45) is 0 Å². The Bertz CT molecular complexity index is 312. The second-order valence-corrected chi connectivity index (χ2v) is 3.70. The minimum absolute atomic E-state index is 0.195. The number of phenolic OH excluding ortho intramolecular Hbond substituents is 1. The van der Waals surface area contributed by atoms with Gasteiger partial charge in [0.2, 0.25) is 0 Å². The maximum Gasteiger partial charge on any atom is 0.160 e. The minimum Gasteiger partial charge on any atom is -0.504 e. The van der Waals surface area contributed by atoms with Crippen molar-refractivity contribution in [3.05, 3.63) is 23.8 Å². The summed E-state index contributed by atoms with van der Waals surface area (Å²) in [5, 5.41) is 12.9. The molecule has 0 radical (unpaired) electrons. The molecule has 0 spiro atoms. The molecule has 0 aliphatic heterocycles. The quantitative estimate of drug-likeness (QED) is 0.781. The molecule has 0 saturated carbocycles. The number of phenols is 1. The molecular weight excluding hydrogens is 190 g/mol. The Balaban J connectivity index is 2.59. The van der Waals surface area contributed by atoms with E-state index in [0.29, 0.717) is 11.8 Å². The van der Waals surface area contributed by atoms with Crippen LogP contribution in [0.4, 0.5) is 0 Å². The van der Waals surface area contributed by atoms with Crippen LogP contribution in [0.25, 0.3) is 0 Å². The summed E-state index contributed by atoms with van der Waals surface area (Å²) in [6.45, 7) is 5.05. The van der Waals surface area contributed by atoms with Crippen LogP contribution < -0.4 is 10.1 Å². The lowest BCUT2D eigenvalue weighted by Crippen LogP contribution is -2.24. The van der Waals surface area contributed by atoms with E-state index in [9.17, 15) is 5.11 Å². The number of benzene rings is 1. The summed E-state index contributed by atoms with van der Waals surface area (Å²) in [5.74, 6) is 0.711. The molecule has 84 valence electrons. The zero-order valence-corrected chi connectivity index (χ0v) is 9.58. The van der Waals surface area contributed by atoms with Gasteiger partial charge in [-0.25, -0.2) is 0 Å². The first kappa shape index (κ1) is 11.9. The van der Waals surface area contributed by atoms with Crippen molar-refractivity contribution in [2.75, 3.05) is 7.11 Å². The lowest BCUT2D eigenvalue weighted by atomic mass is 10.2. The monoisotopic (exact) mass is 209 g/mol. The molecule has 0 aliphatic carbocycles.